The molecule has 18 heavy (non-hydrogen) atoms. The summed E-state index contributed by atoms with van der Waals surface area (Å²) >= 11 is 3.33. The first-order chi connectivity index (χ1) is 8.61. The Morgan fingerprint density at radius 2 is 2.33 bits per heavy atom. The molecule has 0 aliphatic heterocycles. The maximum absolute atomic E-state index is 10.6. The van der Waals surface area contributed by atoms with Crippen molar-refractivity contribution in [3.63, 3.8) is 0 Å². The summed E-state index contributed by atoms with van der Waals surface area (Å²) in [6.07, 6.45) is 3.77. The van der Waals surface area contributed by atoms with Crippen molar-refractivity contribution in [2.24, 2.45) is 5.16 Å². The SMILES string of the molecule is O=[N+]([O-])c1cnn(-c2ccc(C=NO)cc2Br)c1. The van der Waals surface area contributed by atoms with Gasteiger partial charge in [-0.25, -0.2) is 4.68 Å². The fourth-order valence-corrected chi connectivity index (χ4v) is 1.97. The molecule has 0 saturated carbocycles. The molecule has 92 valence electrons. The largest absolute Gasteiger partial charge is 0.411 e. The summed E-state index contributed by atoms with van der Waals surface area (Å²) < 4.78 is 2.07. The molecule has 0 saturated heterocycles. The molecule has 0 aliphatic carbocycles. The average molecular weight is 311 g/mol. The van der Waals surface area contributed by atoms with Crippen LogP contribution in [-0.2, 0) is 0 Å². The molecule has 0 aliphatic rings. The molecule has 7 nitrogen and oxygen atoms in total. The molecule has 1 aromatic heterocycles. The van der Waals surface area contributed by atoms with Crippen LogP contribution in [-0.4, -0.2) is 26.1 Å². The van der Waals surface area contributed by atoms with Gasteiger partial charge in [0, 0.05) is 4.47 Å². The van der Waals surface area contributed by atoms with Gasteiger partial charge >= 0.3 is 5.69 Å². The minimum absolute atomic E-state index is 0.0807. The molecule has 1 heterocycles. The lowest BCUT2D eigenvalue weighted by molar-refractivity contribution is -0.384. The second kappa shape index (κ2) is 4.96. The van der Waals surface area contributed by atoms with Gasteiger partial charge in [-0.1, -0.05) is 11.2 Å². The topological polar surface area (TPSA) is 93.5 Å². The van der Waals surface area contributed by atoms with Crippen LogP contribution in [0.2, 0.25) is 0 Å². The Morgan fingerprint density at radius 3 is 2.89 bits per heavy atom. The highest BCUT2D eigenvalue weighted by Gasteiger charge is 2.11. The third-order valence-corrected chi connectivity index (χ3v) is 2.84. The van der Waals surface area contributed by atoms with Gasteiger partial charge in [0.1, 0.15) is 12.4 Å². The van der Waals surface area contributed by atoms with E-state index in [0.717, 1.165) is 0 Å². The van der Waals surface area contributed by atoms with Gasteiger partial charge in [0.15, 0.2) is 0 Å². The van der Waals surface area contributed by atoms with Gasteiger partial charge in [0.25, 0.3) is 0 Å². The molecule has 0 bridgehead atoms. The minimum Gasteiger partial charge on any atom is -0.411 e. The normalized spacial score (nSPS) is 10.9. The number of benzene rings is 1. The number of halogens is 1. The number of aromatic nitrogens is 2. The molecule has 0 unspecified atom stereocenters. The lowest BCUT2D eigenvalue weighted by Crippen LogP contribution is -1.96. The molecule has 0 amide bonds. The van der Waals surface area contributed by atoms with Gasteiger partial charge in [-0.2, -0.15) is 5.10 Å². The first kappa shape index (κ1) is 12.2. The van der Waals surface area contributed by atoms with E-state index in [9.17, 15) is 10.1 Å². The highest BCUT2D eigenvalue weighted by atomic mass is 79.9. The summed E-state index contributed by atoms with van der Waals surface area (Å²) in [6, 6.07) is 5.12. The average Bonchev–Trinajstić information content (AvgIpc) is 2.79. The first-order valence-electron chi connectivity index (χ1n) is 4.78. The van der Waals surface area contributed by atoms with E-state index >= 15 is 0 Å². The van der Waals surface area contributed by atoms with E-state index < -0.39 is 4.92 Å². The van der Waals surface area contributed by atoms with Crippen LogP contribution >= 0.6 is 15.9 Å². The Hall–Kier alpha value is -2.22. The zero-order valence-electron chi connectivity index (χ0n) is 8.89. The van der Waals surface area contributed by atoms with Gasteiger partial charge in [-0.3, -0.25) is 10.1 Å². The van der Waals surface area contributed by atoms with E-state index in [4.69, 9.17) is 5.21 Å². The van der Waals surface area contributed by atoms with Gasteiger partial charge in [-0.05, 0) is 33.6 Å². The number of nitro groups is 1. The van der Waals surface area contributed by atoms with Crippen molar-refractivity contribution in [1.29, 1.82) is 0 Å². The molecule has 0 radical (unpaired) electrons. The Balaban J connectivity index is 2.41. The lowest BCUT2D eigenvalue weighted by atomic mass is 10.2. The van der Waals surface area contributed by atoms with Crippen LogP contribution in [0.3, 0.4) is 0 Å². The van der Waals surface area contributed by atoms with E-state index in [-0.39, 0.29) is 5.69 Å². The maximum Gasteiger partial charge on any atom is 0.307 e. The smallest absolute Gasteiger partial charge is 0.307 e. The molecule has 1 aromatic carbocycles. The van der Waals surface area contributed by atoms with Crippen LogP contribution < -0.4 is 0 Å². The Morgan fingerprint density at radius 1 is 1.56 bits per heavy atom. The molecule has 1 N–H and O–H groups in total. The molecule has 2 rings (SSSR count). The van der Waals surface area contributed by atoms with Crippen LogP contribution in [0.15, 0.2) is 40.2 Å². The molecule has 0 spiro atoms. The molecule has 2 aromatic rings. The van der Waals surface area contributed by atoms with Crippen LogP contribution in [0.25, 0.3) is 5.69 Å². The molecule has 0 atom stereocenters. The van der Waals surface area contributed by atoms with Crippen molar-refractivity contribution in [3.05, 3.63) is 50.7 Å². The van der Waals surface area contributed by atoms with Crippen LogP contribution in [0.1, 0.15) is 5.56 Å². The van der Waals surface area contributed by atoms with Crippen LogP contribution in [0.4, 0.5) is 5.69 Å². The highest BCUT2D eigenvalue weighted by molar-refractivity contribution is 9.10. The summed E-state index contributed by atoms with van der Waals surface area (Å²) in [7, 11) is 0. The second-order valence-corrected chi connectivity index (χ2v) is 4.21. The molecule has 0 fully saturated rings. The highest BCUT2D eigenvalue weighted by Crippen LogP contribution is 2.23. The number of oxime groups is 1. The van der Waals surface area contributed by atoms with Crippen molar-refractivity contribution >= 4 is 27.8 Å². The van der Waals surface area contributed by atoms with Crippen molar-refractivity contribution in [2.45, 2.75) is 0 Å². The monoisotopic (exact) mass is 310 g/mol. The quantitative estimate of drug-likeness (QED) is 0.407. The van der Waals surface area contributed by atoms with Crippen molar-refractivity contribution in [1.82, 2.24) is 9.78 Å². The Kier molecular flexibility index (Phi) is 3.38. The first-order valence-corrected chi connectivity index (χ1v) is 5.57. The number of rotatable bonds is 3. The maximum atomic E-state index is 10.6. The summed E-state index contributed by atoms with van der Waals surface area (Å²) in [6.45, 7) is 0. The second-order valence-electron chi connectivity index (χ2n) is 3.36. The van der Waals surface area contributed by atoms with E-state index in [0.29, 0.717) is 15.7 Å². The van der Waals surface area contributed by atoms with Crippen LogP contribution in [0.5, 0.6) is 0 Å². The standard InChI is InChI=1S/C10H7BrN4O3/c11-9-3-7(4-13-16)1-2-10(9)14-6-8(5-12-14)15(17)18/h1-6,16H. The zero-order chi connectivity index (χ0) is 13.1. The summed E-state index contributed by atoms with van der Waals surface area (Å²) in [5.41, 5.74) is 1.26. The van der Waals surface area contributed by atoms with Crippen molar-refractivity contribution in [2.75, 3.05) is 0 Å². The minimum atomic E-state index is -0.510. The zero-order valence-corrected chi connectivity index (χ0v) is 10.5. The van der Waals surface area contributed by atoms with Gasteiger partial charge in [0.2, 0.25) is 0 Å². The third-order valence-electron chi connectivity index (χ3n) is 2.21. The molecular formula is C10H7BrN4O3. The molecule has 8 heteroatoms. The Labute approximate surface area is 110 Å². The van der Waals surface area contributed by atoms with E-state index in [1.165, 1.54) is 23.3 Å². The predicted molar refractivity (Wildman–Crippen MR) is 67.3 cm³/mol. The van der Waals surface area contributed by atoms with Gasteiger partial charge in [0.05, 0.1) is 16.8 Å². The van der Waals surface area contributed by atoms with Gasteiger partial charge in [-0.15, -0.1) is 0 Å². The number of hydrogen-bond acceptors (Lipinski definition) is 5. The Bertz CT molecular complexity index is 623. The molecular weight excluding hydrogens is 304 g/mol. The fraction of sp³-hybridized carbons (Fsp3) is 0. The van der Waals surface area contributed by atoms with Crippen LogP contribution in [0, 0.1) is 10.1 Å². The number of nitrogens with zero attached hydrogens (tertiary/aromatic N) is 4. The summed E-state index contributed by atoms with van der Waals surface area (Å²) in [5.74, 6) is 0. The fourth-order valence-electron chi connectivity index (χ4n) is 1.40. The van der Waals surface area contributed by atoms with Gasteiger partial charge < -0.3 is 5.21 Å². The third kappa shape index (κ3) is 2.38. The summed E-state index contributed by atoms with van der Waals surface area (Å²) in [5, 5.41) is 25.8. The predicted octanol–water partition coefficient (Wildman–Crippen LogP) is 2.35. The van der Waals surface area contributed by atoms with Crippen molar-refractivity contribution in [3.8, 4) is 5.69 Å². The lowest BCUT2D eigenvalue weighted by Gasteiger charge is -2.04. The van der Waals surface area contributed by atoms with E-state index in [1.54, 1.807) is 18.2 Å². The van der Waals surface area contributed by atoms with E-state index in [2.05, 4.69) is 26.2 Å². The van der Waals surface area contributed by atoms with Crippen molar-refractivity contribution < 1.29 is 10.1 Å². The summed E-state index contributed by atoms with van der Waals surface area (Å²) in [4.78, 5) is 10.1. The number of hydrogen-bond donors (Lipinski definition) is 1. The van der Waals surface area contributed by atoms with E-state index in [1.807, 2.05) is 0 Å².